The molecule has 0 aliphatic carbocycles. The highest BCUT2D eigenvalue weighted by molar-refractivity contribution is 5.85. The van der Waals surface area contributed by atoms with Gasteiger partial charge in [-0.1, -0.05) is 18.2 Å². The van der Waals surface area contributed by atoms with Gasteiger partial charge in [0.2, 0.25) is 0 Å². The highest BCUT2D eigenvalue weighted by Gasteiger charge is 2.26. The Hall–Kier alpha value is -1.56. The van der Waals surface area contributed by atoms with Crippen molar-refractivity contribution in [3.63, 3.8) is 0 Å². The van der Waals surface area contributed by atoms with Crippen LogP contribution in [0.1, 0.15) is 11.6 Å². The third-order valence-electron chi connectivity index (χ3n) is 2.18. The van der Waals surface area contributed by atoms with Crippen LogP contribution in [0.4, 0.5) is 13.6 Å². The lowest BCUT2D eigenvalue weighted by molar-refractivity contribution is -0.0507. The Kier molecular flexibility index (Phi) is 4.51. The zero-order valence-corrected chi connectivity index (χ0v) is 9.38. The molecule has 1 N–H and O–H groups in total. The van der Waals surface area contributed by atoms with Gasteiger partial charge in [-0.2, -0.15) is 8.78 Å². The molecule has 1 aromatic rings. The normalized spacial score (nSPS) is 18.3. The summed E-state index contributed by atoms with van der Waals surface area (Å²) in [5.41, 5.74) is 0.480. The van der Waals surface area contributed by atoms with Gasteiger partial charge in [-0.05, 0) is 6.07 Å². The van der Waals surface area contributed by atoms with Gasteiger partial charge in [0.05, 0.1) is 6.04 Å². The summed E-state index contributed by atoms with van der Waals surface area (Å²) in [7, 11) is 0. The van der Waals surface area contributed by atoms with E-state index in [0.717, 1.165) is 0 Å². The summed E-state index contributed by atoms with van der Waals surface area (Å²) in [6.07, 6.45) is -0.558. The predicted molar refractivity (Wildman–Crippen MR) is 57.5 cm³/mol. The van der Waals surface area contributed by atoms with E-state index in [1.165, 1.54) is 6.07 Å². The third-order valence-corrected chi connectivity index (χ3v) is 2.18. The third kappa shape index (κ3) is 3.20. The Morgan fingerprint density at radius 3 is 2.71 bits per heavy atom. The van der Waals surface area contributed by atoms with Gasteiger partial charge in [-0.15, -0.1) is 12.4 Å². The Labute approximate surface area is 102 Å². The molecule has 1 saturated heterocycles. The molecule has 1 atom stereocenters. The molecule has 0 bridgehead atoms. The van der Waals surface area contributed by atoms with Crippen LogP contribution in [-0.4, -0.2) is 19.3 Å². The van der Waals surface area contributed by atoms with E-state index in [2.05, 4.69) is 14.8 Å². The molecule has 1 aromatic carbocycles. The highest BCUT2D eigenvalue weighted by Crippen LogP contribution is 2.28. The van der Waals surface area contributed by atoms with Gasteiger partial charge in [0.1, 0.15) is 12.4 Å². The van der Waals surface area contributed by atoms with Crippen molar-refractivity contribution in [1.82, 2.24) is 5.32 Å². The highest BCUT2D eigenvalue weighted by atomic mass is 35.5. The van der Waals surface area contributed by atoms with Gasteiger partial charge in [-0.3, -0.25) is 0 Å². The van der Waals surface area contributed by atoms with E-state index < -0.39 is 18.7 Å². The molecule has 0 radical (unpaired) electrons. The quantitative estimate of drug-likeness (QED) is 0.913. The fraction of sp³-hybridized carbons (Fsp3) is 0.300. The van der Waals surface area contributed by atoms with Crippen molar-refractivity contribution in [1.29, 1.82) is 0 Å². The van der Waals surface area contributed by atoms with Crippen LogP contribution >= 0.6 is 12.4 Å². The molecule has 1 amide bonds. The van der Waals surface area contributed by atoms with Gasteiger partial charge in [0, 0.05) is 5.56 Å². The molecule has 0 unspecified atom stereocenters. The number of cyclic esters (lactones) is 1. The van der Waals surface area contributed by atoms with Crippen LogP contribution < -0.4 is 10.1 Å². The molecule has 0 spiro atoms. The largest absolute Gasteiger partial charge is 0.447 e. The average Bonchev–Trinajstić information content (AvgIpc) is 2.65. The Morgan fingerprint density at radius 2 is 2.12 bits per heavy atom. The fourth-order valence-corrected chi connectivity index (χ4v) is 1.52. The summed E-state index contributed by atoms with van der Waals surface area (Å²) in [6, 6.07) is 5.85. The second kappa shape index (κ2) is 5.67. The van der Waals surface area contributed by atoms with E-state index in [1.807, 2.05) is 0 Å². The Morgan fingerprint density at radius 1 is 1.41 bits per heavy atom. The summed E-state index contributed by atoms with van der Waals surface area (Å²) < 4.78 is 33.3. The fourth-order valence-electron chi connectivity index (χ4n) is 1.52. The van der Waals surface area contributed by atoms with Crippen molar-refractivity contribution in [2.45, 2.75) is 12.7 Å². The molecule has 17 heavy (non-hydrogen) atoms. The second-order valence-corrected chi connectivity index (χ2v) is 3.21. The maximum absolute atomic E-state index is 12.1. The van der Waals surface area contributed by atoms with E-state index in [0.29, 0.717) is 5.56 Å². The molecular formula is C10H10ClF2NO3. The first-order chi connectivity index (χ1) is 7.66. The lowest BCUT2D eigenvalue weighted by atomic mass is 10.1. The van der Waals surface area contributed by atoms with Gasteiger partial charge in [0.25, 0.3) is 0 Å². The van der Waals surface area contributed by atoms with E-state index in [9.17, 15) is 13.6 Å². The molecule has 1 aliphatic heterocycles. The summed E-state index contributed by atoms with van der Waals surface area (Å²) >= 11 is 0. The summed E-state index contributed by atoms with van der Waals surface area (Å²) in [5.74, 6) is 0.0494. The number of amides is 1. The van der Waals surface area contributed by atoms with Gasteiger partial charge in [0.15, 0.2) is 0 Å². The first kappa shape index (κ1) is 13.5. The molecule has 0 saturated carbocycles. The monoisotopic (exact) mass is 265 g/mol. The molecule has 7 heteroatoms. The Bertz CT molecular complexity index is 403. The number of alkyl halides is 2. The number of alkyl carbamates (subject to hydrolysis) is 1. The first-order valence-corrected chi connectivity index (χ1v) is 4.64. The van der Waals surface area contributed by atoms with Crippen LogP contribution in [0, 0.1) is 0 Å². The Balaban J connectivity index is 0.00000144. The number of carbonyl (C=O) groups is 1. The smallest absolute Gasteiger partial charge is 0.407 e. The van der Waals surface area contributed by atoms with E-state index in [4.69, 9.17) is 0 Å². The molecule has 2 rings (SSSR count). The van der Waals surface area contributed by atoms with Crippen molar-refractivity contribution < 1.29 is 23.0 Å². The molecule has 4 nitrogen and oxygen atoms in total. The number of ether oxygens (including phenoxy) is 2. The molecule has 94 valence electrons. The SMILES string of the molecule is Cl.O=C1N[C@@H](c2ccccc2OC(F)F)CO1. The summed E-state index contributed by atoms with van der Waals surface area (Å²) in [4.78, 5) is 10.8. The van der Waals surface area contributed by atoms with Crippen molar-refractivity contribution in [3.05, 3.63) is 29.8 Å². The first-order valence-electron chi connectivity index (χ1n) is 4.64. The molecular weight excluding hydrogens is 256 g/mol. The van der Waals surface area contributed by atoms with Crippen LogP contribution in [0.15, 0.2) is 24.3 Å². The number of halogens is 3. The summed E-state index contributed by atoms with van der Waals surface area (Å²) in [6.45, 7) is -2.78. The number of carbonyl (C=O) groups excluding carboxylic acids is 1. The second-order valence-electron chi connectivity index (χ2n) is 3.21. The van der Waals surface area contributed by atoms with Crippen molar-refractivity contribution in [2.75, 3.05) is 6.61 Å². The standard InChI is InChI=1S/C10H9F2NO3.ClH/c11-9(12)16-8-4-2-1-3-6(8)7-5-15-10(14)13-7;/h1-4,7,9H,5H2,(H,13,14);1H/t7-;/m1./s1. The van der Waals surface area contributed by atoms with Crippen LogP contribution in [0.2, 0.25) is 0 Å². The predicted octanol–water partition coefficient (Wildman–Crippen LogP) is 2.49. The number of nitrogens with one attached hydrogen (secondary N) is 1. The van der Waals surface area contributed by atoms with Crippen LogP contribution in [-0.2, 0) is 4.74 Å². The van der Waals surface area contributed by atoms with Gasteiger partial charge >= 0.3 is 12.7 Å². The summed E-state index contributed by atoms with van der Waals surface area (Å²) in [5, 5.41) is 2.50. The van der Waals surface area contributed by atoms with Crippen molar-refractivity contribution in [3.8, 4) is 5.75 Å². The number of hydrogen-bond acceptors (Lipinski definition) is 3. The molecule has 0 aromatic heterocycles. The topological polar surface area (TPSA) is 47.6 Å². The van der Waals surface area contributed by atoms with E-state index in [1.54, 1.807) is 18.2 Å². The maximum atomic E-state index is 12.1. The number of benzene rings is 1. The van der Waals surface area contributed by atoms with Crippen LogP contribution in [0.3, 0.4) is 0 Å². The van der Waals surface area contributed by atoms with Crippen LogP contribution in [0.5, 0.6) is 5.75 Å². The van der Waals surface area contributed by atoms with E-state index >= 15 is 0 Å². The maximum Gasteiger partial charge on any atom is 0.407 e. The van der Waals surface area contributed by atoms with Crippen molar-refractivity contribution in [2.24, 2.45) is 0 Å². The van der Waals surface area contributed by atoms with E-state index in [-0.39, 0.29) is 24.8 Å². The van der Waals surface area contributed by atoms with Gasteiger partial charge < -0.3 is 14.8 Å². The lowest BCUT2D eigenvalue weighted by Gasteiger charge is -2.13. The zero-order chi connectivity index (χ0) is 11.5. The number of rotatable bonds is 3. The number of hydrogen-bond donors (Lipinski definition) is 1. The van der Waals surface area contributed by atoms with Crippen molar-refractivity contribution >= 4 is 18.5 Å². The number of para-hydroxylation sites is 1. The van der Waals surface area contributed by atoms with Crippen LogP contribution in [0.25, 0.3) is 0 Å². The average molecular weight is 266 g/mol. The lowest BCUT2D eigenvalue weighted by Crippen LogP contribution is -2.19. The minimum Gasteiger partial charge on any atom is -0.447 e. The van der Waals surface area contributed by atoms with Gasteiger partial charge in [-0.25, -0.2) is 4.79 Å². The minimum absolute atomic E-state index is 0. The molecule has 1 aliphatic rings. The molecule has 1 heterocycles. The minimum atomic E-state index is -2.89. The molecule has 1 fully saturated rings. The zero-order valence-electron chi connectivity index (χ0n) is 8.56.